The van der Waals surface area contributed by atoms with Crippen LogP contribution in [0.3, 0.4) is 0 Å². The molecule has 3 N–H and O–H groups in total. The highest BCUT2D eigenvalue weighted by molar-refractivity contribution is 5.46. The fourth-order valence-corrected chi connectivity index (χ4v) is 0.954. The summed E-state index contributed by atoms with van der Waals surface area (Å²) in [5.41, 5.74) is 6.33. The molecule has 0 saturated heterocycles. The Hall–Kier alpha value is -1.22. The van der Waals surface area contributed by atoms with Gasteiger partial charge in [0.15, 0.2) is 0 Å². The van der Waals surface area contributed by atoms with Crippen LogP contribution in [0.2, 0.25) is 0 Å². The van der Waals surface area contributed by atoms with Crippen LogP contribution in [-0.4, -0.2) is 13.3 Å². The van der Waals surface area contributed by atoms with E-state index in [4.69, 9.17) is 10.5 Å². The molecule has 0 saturated carbocycles. The second-order valence-corrected chi connectivity index (χ2v) is 2.34. The lowest BCUT2D eigenvalue weighted by Crippen LogP contribution is -2.10. The van der Waals surface area contributed by atoms with Gasteiger partial charge in [0.2, 0.25) is 0 Å². The highest BCUT2D eigenvalue weighted by atomic mass is 16.5. The lowest BCUT2D eigenvalue weighted by atomic mass is 10.3. The van der Waals surface area contributed by atoms with Crippen LogP contribution < -0.4 is 15.8 Å². The van der Waals surface area contributed by atoms with Crippen molar-refractivity contribution in [1.82, 2.24) is 0 Å². The Labute approximate surface area is 72.5 Å². The number of ether oxygens (including phenoxy) is 1. The van der Waals surface area contributed by atoms with Gasteiger partial charge in [0.05, 0.1) is 13.3 Å². The average Bonchev–Trinajstić information content (AvgIpc) is 2.09. The van der Waals surface area contributed by atoms with Crippen molar-refractivity contribution in [3.8, 4) is 5.75 Å². The van der Waals surface area contributed by atoms with Gasteiger partial charge in [0.1, 0.15) is 5.75 Å². The summed E-state index contributed by atoms with van der Waals surface area (Å²) in [6.45, 7) is 3.11. The zero-order valence-corrected chi connectivity index (χ0v) is 7.21. The van der Waals surface area contributed by atoms with Crippen LogP contribution in [0.15, 0.2) is 24.3 Å². The minimum Gasteiger partial charge on any atom is -0.494 e. The summed E-state index contributed by atoms with van der Waals surface area (Å²) in [4.78, 5) is 0. The summed E-state index contributed by atoms with van der Waals surface area (Å²) in [7, 11) is 0. The van der Waals surface area contributed by atoms with Gasteiger partial charge in [-0.25, -0.2) is 0 Å². The molecule has 0 unspecified atom stereocenters. The van der Waals surface area contributed by atoms with E-state index in [0.29, 0.717) is 13.3 Å². The van der Waals surface area contributed by atoms with E-state index in [2.05, 4.69) is 5.32 Å². The van der Waals surface area contributed by atoms with Crippen LogP contribution >= 0.6 is 0 Å². The molecule has 1 rings (SSSR count). The third-order valence-corrected chi connectivity index (χ3v) is 1.47. The number of nitrogens with two attached hydrogens (primary N) is 1. The maximum atomic E-state index is 5.31. The van der Waals surface area contributed by atoms with E-state index >= 15 is 0 Å². The van der Waals surface area contributed by atoms with Crippen molar-refractivity contribution in [2.24, 2.45) is 5.73 Å². The normalized spacial score (nSPS) is 9.50. The molecule has 0 spiro atoms. The van der Waals surface area contributed by atoms with E-state index in [0.717, 1.165) is 11.4 Å². The van der Waals surface area contributed by atoms with E-state index in [9.17, 15) is 0 Å². The lowest BCUT2D eigenvalue weighted by Gasteiger charge is -2.05. The van der Waals surface area contributed by atoms with E-state index < -0.39 is 0 Å². The Bertz CT molecular complexity index is 195. The first kappa shape index (κ1) is 8.87. The van der Waals surface area contributed by atoms with E-state index in [-0.39, 0.29) is 0 Å². The van der Waals surface area contributed by atoms with E-state index in [1.807, 2.05) is 31.2 Å². The summed E-state index contributed by atoms with van der Waals surface area (Å²) in [5, 5.41) is 3.00. The second kappa shape index (κ2) is 4.62. The number of hydrogen-bond donors (Lipinski definition) is 2. The van der Waals surface area contributed by atoms with Crippen LogP contribution in [0, 0.1) is 0 Å². The number of rotatable bonds is 4. The molecule has 0 aliphatic heterocycles. The van der Waals surface area contributed by atoms with Gasteiger partial charge in [-0.05, 0) is 31.2 Å². The van der Waals surface area contributed by atoms with Gasteiger partial charge in [-0.1, -0.05) is 0 Å². The first-order valence-corrected chi connectivity index (χ1v) is 4.03. The molecule has 1 aromatic rings. The maximum Gasteiger partial charge on any atom is 0.119 e. The van der Waals surface area contributed by atoms with Crippen molar-refractivity contribution < 1.29 is 4.74 Å². The minimum absolute atomic E-state index is 0.452. The fourth-order valence-electron chi connectivity index (χ4n) is 0.954. The summed E-state index contributed by atoms with van der Waals surface area (Å²) in [6.07, 6.45) is 0. The average molecular weight is 166 g/mol. The third-order valence-electron chi connectivity index (χ3n) is 1.47. The quantitative estimate of drug-likeness (QED) is 0.665. The van der Waals surface area contributed by atoms with Crippen LogP contribution in [0.25, 0.3) is 0 Å². The molecule has 12 heavy (non-hydrogen) atoms. The summed E-state index contributed by atoms with van der Waals surface area (Å²) in [5.74, 6) is 0.889. The molecule has 0 amide bonds. The van der Waals surface area contributed by atoms with Crippen LogP contribution in [-0.2, 0) is 0 Å². The van der Waals surface area contributed by atoms with Crippen LogP contribution in [0.5, 0.6) is 5.75 Å². The van der Waals surface area contributed by atoms with Gasteiger partial charge in [-0.15, -0.1) is 0 Å². The molecule has 0 heterocycles. The van der Waals surface area contributed by atoms with Crippen molar-refractivity contribution in [2.45, 2.75) is 6.92 Å². The summed E-state index contributed by atoms with van der Waals surface area (Å²) < 4.78 is 5.28. The largest absolute Gasteiger partial charge is 0.494 e. The molecule has 3 nitrogen and oxygen atoms in total. The molecule has 3 heteroatoms. The smallest absolute Gasteiger partial charge is 0.119 e. The second-order valence-electron chi connectivity index (χ2n) is 2.34. The Morgan fingerprint density at radius 1 is 1.33 bits per heavy atom. The number of nitrogens with one attached hydrogen (secondary N) is 1. The van der Waals surface area contributed by atoms with E-state index in [1.54, 1.807) is 0 Å². The number of anilines is 1. The standard InChI is InChI=1S/C9H14N2O/c1-2-12-9-5-3-8(4-6-9)11-7-10/h3-6,11H,2,7,10H2,1H3. The molecule has 0 aromatic heterocycles. The molecular formula is C9H14N2O. The minimum atomic E-state index is 0.452. The molecule has 1 aromatic carbocycles. The Kier molecular flexibility index (Phi) is 3.41. The zero-order chi connectivity index (χ0) is 8.81. The predicted molar refractivity (Wildman–Crippen MR) is 50.3 cm³/mol. The van der Waals surface area contributed by atoms with Gasteiger partial charge in [-0.3, -0.25) is 0 Å². The molecule has 0 aliphatic rings. The number of benzene rings is 1. The van der Waals surface area contributed by atoms with Crippen molar-refractivity contribution in [3.05, 3.63) is 24.3 Å². The molecular weight excluding hydrogens is 152 g/mol. The van der Waals surface area contributed by atoms with Gasteiger partial charge in [0, 0.05) is 5.69 Å². The molecule has 0 aliphatic carbocycles. The van der Waals surface area contributed by atoms with Gasteiger partial charge in [0.25, 0.3) is 0 Å². The topological polar surface area (TPSA) is 47.3 Å². The van der Waals surface area contributed by atoms with Crippen LogP contribution in [0.1, 0.15) is 6.92 Å². The predicted octanol–water partition coefficient (Wildman–Crippen LogP) is 1.41. The van der Waals surface area contributed by atoms with Gasteiger partial charge >= 0.3 is 0 Å². The molecule has 0 fully saturated rings. The first-order chi connectivity index (χ1) is 5.86. The monoisotopic (exact) mass is 166 g/mol. The van der Waals surface area contributed by atoms with Crippen molar-refractivity contribution in [1.29, 1.82) is 0 Å². The van der Waals surface area contributed by atoms with Crippen molar-refractivity contribution in [3.63, 3.8) is 0 Å². The Morgan fingerprint density at radius 3 is 2.50 bits per heavy atom. The fraction of sp³-hybridized carbons (Fsp3) is 0.333. The summed E-state index contributed by atoms with van der Waals surface area (Å²) in [6, 6.07) is 7.72. The highest BCUT2D eigenvalue weighted by Crippen LogP contribution is 2.14. The molecule has 0 radical (unpaired) electrons. The lowest BCUT2D eigenvalue weighted by molar-refractivity contribution is 0.340. The SMILES string of the molecule is CCOc1ccc(NCN)cc1. The molecule has 0 bridgehead atoms. The van der Waals surface area contributed by atoms with Gasteiger partial charge in [-0.2, -0.15) is 0 Å². The van der Waals surface area contributed by atoms with Crippen molar-refractivity contribution in [2.75, 3.05) is 18.6 Å². The van der Waals surface area contributed by atoms with Crippen molar-refractivity contribution >= 4 is 5.69 Å². The van der Waals surface area contributed by atoms with Crippen LogP contribution in [0.4, 0.5) is 5.69 Å². The Morgan fingerprint density at radius 2 is 2.00 bits per heavy atom. The summed E-state index contributed by atoms with van der Waals surface area (Å²) >= 11 is 0. The van der Waals surface area contributed by atoms with E-state index in [1.165, 1.54) is 0 Å². The van der Waals surface area contributed by atoms with Gasteiger partial charge < -0.3 is 15.8 Å². The molecule has 0 atom stereocenters. The zero-order valence-electron chi connectivity index (χ0n) is 7.21. The third kappa shape index (κ3) is 2.43. The molecule has 66 valence electrons. The maximum absolute atomic E-state index is 5.31. The first-order valence-electron chi connectivity index (χ1n) is 4.03. The Balaban J connectivity index is 2.58. The highest BCUT2D eigenvalue weighted by Gasteiger charge is 1.91. The number of hydrogen-bond acceptors (Lipinski definition) is 3.